The van der Waals surface area contributed by atoms with Crippen molar-refractivity contribution in [1.29, 1.82) is 0 Å². The lowest BCUT2D eigenvalue weighted by Crippen LogP contribution is -1.89. The third-order valence-corrected chi connectivity index (χ3v) is 2.51. The quantitative estimate of drug-likeness (QED) is 0.745. The van der Waals surface area contributed by atoms with Gasteiger partial charge >= 0.3 is 0 Å². The zero-order valence-electron chi connectivity index (χ0n) is 9.10. The van der Waals surface area contributed by atoms with Crippen molar-refractivity contribution in [2.75, 3.05) is 11.5 Å². The van der Waals surface area contributed by atoms with E-state index in [0.717, 1.165) is 22.5 Å². The molecule has 0 amide bonds. The van der Waals surface area contributed by atoms with Crippen LogP contribution >= 0.6 is 12.4 Å². The minimum atomic E-state index is 0. The van der Waals surface area contributed by atoms with Crippen molar-refractivity contribution in [3.05, 3.63) is 48.0 Å². The standard InChI is InChI=1S/C13H14N2.ClH/c1-9-8-11(4-7-13(9)15)10-2-5-12(14)6-3-10;/h2-8H,14-15H2,1H3;1H. The van der Waals surface area contributed by atoms with Crippen molar-refractivity contribution in [1.82, 2.24) is 0 Å². The van der Waals surface area contributed by atoms with E-state index in [2.05, 4.69) is 6.07 Å². The summed E-state index contributed by atoms with van der Waals surface area (Å²) in [6.07, 6.45) is 0. The van der Waals surface area contributed by atoms with Crippen LogP contribution in [-0.4, -0.2) is 0 Å². The lowest BCUT2D eigenvalue weighted by atomic mass is 10.0. The molecule has 4 N–H and O–H groups in total. The van der Waals surface area contributed by atoms with Crippen molar-refractivity contribution in [3.8, 4) is 11.1 Å². The van der Waals surface area contributed by atoms with E-state index in [4.69, 9.17) is 11.5 Å². The van der Waals surface area contributed by atoms with Crippen LogP contribution < -0.4 is 11.5 Å². The number of rotatable bonds is 1. The Morgan fingerprint density at radius 2 is 1.38 bits per heavy atom. The van der Waals surface area contributed by atoms with Gasteiger partial charge in [-0.1, -0.05) is 18.2 Å². The van der Waals surface area contributed by atoms with Gasteiger partial charge in [0.2, 0.25) is 0 Å². The van der Waals surface area contributed by atoms with E-state index < -0.39 is 0 Å². The van der Waals surface area contributed by atoms with Crippen molar-refractivity contribution in [3.63, 3.8) is 0 Å². The Hall–Kier alpha value is -1.67. The second kappa shape index (κ2) is 4.90. The molecule has 0 aromatic heterocycles. The molecule has 2 rings (SSSR count). The fourth-order valence-corrected chi connectivity index (χ4v) is 1.53. The molecule has 2 aromatic rings. The lowest BCUT2D eigenvalue weighted by molar-refractivity contribution is 1.46. The summed E-state index contributed by atoms with van der Waals surface area (Å²) in [6.45, 7) is 2.01. The number of hydrogen-bond donors (Lipinski definition) is 2. The van der Waals surface area contributed by atoms with Gasteiger partial charge in [0.25, 0.3) is 0 Å². The van der Waals surface area contributed by atoms with Crippen molar-refractivity contribution >= 4 is 23.8 Å². The van der Waals surface area contributed by atoms with E-state index in [1.807, 2.05) is 43.3 Å². The molecule has 0 bridgehead atoms. The number of hydrogen-bond acceptors (Lipinski definition) is 2. The van der Waals surface area contributed by atoms with Crippen LogP contribution in [0.3, 0.4) is 0 Å². The third-order valence-electron chi connectivity index (χ3n) is 2.51. The maximum absolute atomic E-state index is 5.77. The van der Waals surface area contributed by atoms with E-state index >= 15 is 0 Å². The van der Waals surface area contributed by atoms with E-state index in [1.54, 1.807) is 0 Å². The fourth-order valence-electron chi connectivity index (χ4n) is 1.53. The average Bonchev–Trinajstić information content (AvgIpc) is 2.23. The SMILES string of the molecule is Cc1cc(-c2ccc(N)cc2)ccc1N.Cl. The minimum Gasteiger partial charge on any atom is -0.399 e. The Labute approximate surface area is 102 Å². The first-order valence-corrected chi connectivity index (χ1v) is 4.89. The van der Waals surface area contributed by atoms with Gasteiger partial charge in [-0.25, -0.2) is 0 Å². The molecule has 2 nitrogen and oxygen atoms in total. The van der Waals surface area contributed by atoms with Gasteiger partial charge in [-0.15, -0.1) is 12.4 Å². The lowest BCUT2D eigenvalue weighted by Gasteiger charge is -2.05. The largest absolute Gasteiger partial charge is 0.399 e. The summed E-state index contributed by atoms with van der Waals surface area (Å²) in [5.74, 6) is 0. The van der Waals surface area contributed by atoms with Crippen LogP contribution in [0.5, 0.6) is 0 Å². The Morgan fingerprint density at radius 3 is 1.94 bits per heavy atom. The van der Waals surface area contributed by atoms with E-state index in [0.29, 0.717) is 0 Å². The van der Waals surface area contributed by atoms with Crippen LogP contribution in [0, 0.1) is 6.92 Å². The Bertz CT molecular complexity index is 478. The highest BCUT2D eigenvalue weighted by Gasteiger charge is 1.99. The van der Waals surface area contributed by atoms with Crippen LogP contribution in [0.1, 0.15) is 5.56 Å². The van der Waals surface area contributed by atoms with Gasteiger partial charge in [0, 0.05) is 11.4 Å². The van der Waals surface area contributed by atoms with Crippen LogP contribution in [0.25, 0.3) is 11.1 Å². The first-order chi connectivity index (χ1) is 7.16. The molecule has 2 aromatic carbocycles. The van der Waals surface area contributed by atoms with E-state index in [-0.39, 0.29) is 12.4 Å². The van der Waals surface area contributed by atoms with Gasteiger partial charge in [0.1, 0.15) is 0 Å². The summed E-state index contributed by atoms with van der Waals surface area (Å²) < 4.78 is 0. The number of benzene rings is 2. The van der Waals surface area contributed by atoms with Gasteiger partial charge in [-0.2, -0.15) is 0 Å². The molecule has 0 saturated carbocycles. The molecule has 0 fully saturated rings. The molecule has 0 heterocycles. The summed E-state index contributed by atoms with van der Waals surface area (Å²) in [4.78, 5) is 0. The number of nitrogen functional groups attached to an aromatic ring is 2. The highest BCUT2D eigenvalue weighted by atomic mass is 35.5. The maximum Gasteiger partial charge on any atom is 0.0344 e. The zero-order valence-corrected chi connectivity index (χ0v) is 9.92. The molecule has 0 radical (unpaired) electrons. The van der Waals surface area contributed by atoms with Crippen molar-refractivity contribution in [2.45, 2.75) is 6.92 Å². The van der Waals surface area contributed by atoms with Gasteiger partial charge in [-0.05, 0) is 47.9 Å². The Balaban J connectivity index is 0.00000128. The van der Waals surface area contributed by atoms with E-state index in [1.165, 1.54) is 5.56 Å². The molecule has 3 heteroatoms. The first-order valence-electron chi connectivity index (χ1n) is 4.89. The summed E-state index contributed by atoms with van der Waals surface area (Å²) in [6, 6.07) is 13.9. The van der Waals surface area contributed by atoms with Crippen LogP contribution in [0.4, 0.5) is 11.4 Å². The number of halogens is 1. The number of aryl methyl sites for hydroxylation is 1. The molecular weight excluding hydrogens is 220 g/mol. The molecule has 0 aliphatic carbocycles. The van der Waals surface area contributed by atoms with Crippen LogP contribution in [0.15, 0.2) is 42.5 Å². The molecule has 0 saturated heterocycles. The Kier molecular flexibility index (Phi) is 3.80. The highest BCUT2D eigenvalue weighted by Crippen LogP contribution is 2.23. The summed E-state index contributed by atoms with van der Waals surface area (Å²) in [7, 11) is 0. The van der Waals surface area contributed by atoms with Crippen LogP contribution in [0.2, 0.25) is 0 Å². The maximum atomic E-state index is 5.77. The molecule has 84 valence electrons. The van der Waals surface area contributed by atoms with Crippen molar-refractivity contribution < 1.29 is 0 Å². The molecule has 0 aliphatic rings. The topological polar surface area (TPSA) is 52.0 Å². The molecule has 0 aliphatic heterocycles. The smallest absolute Gasteiger partial charge is 0.0344 e. The first kappa shape index (κ1) is 12.4. The van der Waals surface area contributed by atoms with Crippen LogP contribution in [-0.2, 0) is 0 Å². The average molecular weight is 235 g/mol. The second-order valence-electron chi connectivity index (χ2n) is 3.69. The van der Waals surface area contributed by atoms with Gasteiger partial charge in [0.15, 0.2) is 0 Å². The summed E-state index contributed by atoms with van der Waals surface area (Å²) in [5.41, 5.74) is 16.4. The number of anilines is 2. The normalized spacial score (nSPS) is 9.56. The molecule has 0 spiro atoms. The zero-order chi connectivity index (χ0) is 10.8. The third kappa shape index (κ3) is 2.47. The monoisotopic (exact) mass is 234 g/mol. The molecule has 0 unspecified atom stereocenters. The predicted octanol–water partition coefficient (Wildman–Crippen LogP) is 3.25. The predicted molar refractivity (Wildman–Crippen MR) is 72.7 cm³/mol. The summed E-state index contributed by atoms with van der Waals surface area (Å²) >= 11 is 0. The molecule has 0 atom stereocenters. The fraction of sp³-hybridized carbons (Fsp3) is 0.0769. The highest BCUT2D eigenvalue weighted by molar-refractivity contribution is 5.85. The van der Waals surface area contributed by atoms with Crippen molar-refractivity contribution in [2.24, 2.45) is 0 Å². The summed E-state index contributed by atoms with van der Waals surface area (Å²) in [5, 5.41) is 0. The minimum absolute atomic E-state index is 0. The van der Waals surface area contributed by atoms with Gasteiger partial charge < -0.3 is 11.5 Å². The Morgan fingerprint density at radius 1 is 0.812 bits per heavy atom. The second-order valence-corrected chi connectivity index (χ2v) is 3.69. The number of nitrogens with two attached hydrogens (primary N) is 2. The molecule has 16 heavy (non-hydrogen) atoms. The molecular formula is C13H15ClN2. The van der Waals surface area contributed by atoms with Gasteiger partial charge in [-0.3, -0.25) is 0 Å². The van der Waals surface area contributed by atoms with E-state index in [9.17, 15) is 0 Å². The van der Waals surface area contributed by atoms with Gasteiger partial charge in [0.05, 0.1) is 0 Å².